The zero-order valence-electron chi connectivity index (χ0n) is 17.1. The largest absolute Gasteiger partial charge is 0.379 e. The minimum atomic E-state index is 0.557. The zero-order valence-corrected chi connectivity index (χ0v) is 18.7. The number of hydrogen-bond acceptors (Lipinski definition) is 7. The van der Waals surface area contributed by atoms with Crippen LogP contribution in [0.1, 0.15) is 20.3 Å². The standard InChI is InChI=1S/C19H39BrO7/c1-3-19(2)18-27-17-16-26-15-14-25-13-12-24-11-10-23-9-8-22-7-6-21-5-4-20/h19H,3-18H2,1-2H3. The van der Waals surface area contributed by atoms with E-state index < -0.39 is 0 Å². The second-order valence-electron chi connectivity index (χ2n) is 5.95. The van der Waals surface area contributed by atoms with Crippen molar-refractivity contribution in [1.82, 2.24) is 0 Å². The number of hydrogen-bond donors (Lipinski definition) is 0. The molecule has 0 saturated carbocycles. The molecule has 8 heteroatoms. The molecule has 0 saturated heterocycles. The highest BCUT2D eigenvalue weighted by atomic mass is 79.9. The van der Waals surface area contributed by atoms with E-state index in [0.29, 0.717) is 91.8 Å². The van der Waals surface area contributed by atoms with E-state index >= 15 is 0 Å². The van der Waals surface area contributed by atoms with Gasteiger partial charge in [0.05, 0.1) is 85.9 Å². The highest BCUT2D eigenvalue weighted by molar-refractivity contribution is 9.09. The third-order valence-electron chi connectivity index (χ3n) is 3.55. The molecule has 0 aliphatic heterocycles. The fraction of sp³-hybridized carbons (Fsp3) is 1.00. The summed E-state index contributed by atoms with van der Waals surface area (Å²) in [5.41, 5.74) is 0. The van der Waals surface area contributed by atoms with Gasteiger partial charge in [0.1, 0.15) is 0 Å². The molecule has 0 rings (SSSR count). The third kappa shape index (κ3) is 24.2. The lowest BCUT2D eigenvalue weighted by Crippen LogP contribution is -2.15. The Morgan fingerprint density at radius 1 is 0.519 bits per heavy atom. The van der Waals surface area contributed by atoms with E-state index in [1.54, 1.807) is 0 Å². The van der Waals surface area contributed by atoms with Crippen molar-refractivity contribution in [3.8, 4) is 0 Å². The average Bonchev–Trinajstić information content (AvgIpc) is 2.68. The summed E-state index contributed by atoms with van der Waals surface area (Å²) in [5.74, 6) is 0.612. The Kier molecular flexibility index (Phi) is 24.4. The molecule has 0 spiro atoms. The molecule has 164 valence electrons. The van der Waals surface area contributed by atoms with Crippen LogP contribution in [0, 0.1) is 5.92 Å². The van der Waals surface area contributed by atoms with Crippen molar-refractivity contribution in [2.45, 2.75) is 20.3 Å². The van der Waals surface area contributed by atoms with Gasteiger partial charge in [-0.3, -0.25) is 0 Å². The topological polar surface area (TPSA) is 64.6 Å². The first-order chi connectivity index (χ1) is 13.3. The van der Waals surface area contributed by atoms with Crippen LogP contribution in [0.2, 0.25) is 0 Å². The number of alkyl halides is 1. The molecular formula is C19H39BrO7. The Morgan fingerprint density at radius 3 is 1.11 bits per heavy atom. The van der Waals surface area contributed by atoms with Crippen molar-refractivity contribution in [1.29, 1.82) is 0 Å². The van der Waals surface area contributed by atoms with Gasteiger partial charge in [-0.15, -0.1) is 0 Å². The molecule has 27 heavy (non-hydrogen) atoms. The van der Waals surface area contributed by atoms with Crippen LogP contribution >= 0.6 is 15.9 Å². The normalized spacial score (nSPS) is 12.6. The summed E-state index contributed by atoms with van der Waals surface area (Å²) in [5, 5.41) is 0.850. The smallest absolute Gasteiger partial charge is 0.0701 e. The lowest BCUT2D eigenvalue weighted by molar-refractivity contribution is -0.0211. The van der Waals surface area contributed by atoms with Gasteiger partial charge in [0.25, 0.3) is 0 Å². The Labute approximate surface area is 173 Å². The summed E-state index contributed by atoms with van der Waals surface area (Å²) in [6.07, 6.45) is 1.14. The summed E-state index contributed by atoms with van der Waals surface area (Å²) in [6.45, 7) is 12.9. The average molecular weight is 459 g/mol. The van der Waals surface area contributed by atoms with E-state index in [4.69, 9.17) is 33.2 Å². The number of ether oxygens (including phenoxy) is 7. The molecule has 0 N–H and O–H groups in total. The highest BCUT2D eigenvalue weighted by Crippen LogP contribution is 1.99. The summed E-state index contributed by atoms with van der Waals surface area (Å²) in [6, 6.07) is 0. The molecule has 0 bridgehead atoms. The van der Waals surface area contributed by atoms with Gasteiger partial charge in [0.2, 0.25) is 0 Å². The van der Waals surface area contributed by atoms with Crippen molar-refractivity contribution in [3.63, 3.8) is 0 Å². The minimum absolute atomic E-state index is 0.557. The summed E-state index contributed by atoms with van der Waals surface area (Å²) < 4.78 is 37.8. The summed E-state index contributed by atoms with van der Waals surface area (Å²) in [4.78, 5) is 0. The number of rotatable bonds is 23. The van der Waals surface area contributed by atoms with Gasteiger partial charge in [0, 0.05) is 11.9 Å². The van der Waals surface area contributed by atoms with Crippen LogP contribution in [0.15, 0.2) is 0 Å². The third-order valence-corrected chi connectivity index (χ3v) is 3.88. The lowest BCUT2D eigenvalue weighted by Gasteiger charge is -2.10. The second kappa shape index (κ2) is 24.2. The van der Waals surface area contributed by atoms with Gasteiger partial charge >= 0.3 is 0 Å². The van der Waals surface area contributed by atoms with E-state index in [0.717, 1.165) is 18.4 Å². The minimum Gasteiger partial charge on any atom is -0.379 e. The molecule has 0 fully saturated rings. The van der Waals surface area contributed by atoms with Crippen LogP contribution in [0.3, 0.4) is 0 Å². The summed E-state index contributed by atoms with van der Waals surface area (Å²) >= 11 is 3.29. The molecule has 1 atom stereocenters. The van der Waals surface area contributed by atoms with Gasteiger partial charge in [-0.05, 0) is 5.92 Å². The molecule has 1 unspecified atom stereocenters. The molecule has 0 heterocycles. The van der Waals surface area contributed by atoms with Gasteiger partial charge in [-0.1, -0.05) is 36.2 Å². The first-order valence-corrected chi connectivity index (χ1v) is 11.0. The molecule has 0 radical (unpaired) electrons. The van der Waals surface area contributed by atoms with Gasteiger partial charge in [-0.25, -0.2) is 0 Å². The molecule has 0 aliphatic carbocycles. The van der Waals surface area contributed by atoms with Crippen molar-refractivity contribution in [2.75, 3.05) is 97.8 Å². The maximum Gasteiger partial charge on any atom is 0.0701 e. The lowest BCUT2D eigenvalue weighted by atomic mass is 10.1. The molecular weight excluding hydrogens is 420 g/mol. The first kappa shape index (κ1) is 27.2. The van der Waals surface area contributed by atoms with E-state index in [-0.39, 0.29) is 0 Å². The van der Waals surface area contributed by atoms with Crippen LogP contribution in [0.25, 0.3) is 0 Å². The predicted octanol–water partition coefficient (Wildman–Crippen LogP) is 2.54. The van der Waals surface area contributed by atoms with Gasteiger partial charge < -0.3 is 33.2 Å². The van der Waals surface area contributed by atoms with Crippen molar-refractivity contribution in [2.24, 2.45) is 5.92 Å². The monoisotopic (exact) mass is 458 g/mol. The Balaban J connectivity index is 2.99. The Bertz CT molecular complexity index is 272. The first-order valence-electron chi connectivity index (χ1n) is 9.91. The fourth-order valence-corrected chi connectivity index (χ4v) is 2.01. The van der Waals surface area contributed by atoms with Crippen LogP contribution in [0.5, 0.6) is 0 Å². The van der Waals surface area contributed by atoms with Gasteiger partial charge in [0.15, 0.2) is 0 Å². The Morgan fingerprint density at radius 2 is 0.815 bits per heavy atom. The predicted molar refractivity (Wildman–Crippen MR) is 109 cm³/mol. The quantitative estimate of drug-likeness (QED) is 0.172. The molecule has 0 aromatic carbocycles. The fourth-order valence-electron chi connectivity index (χ4n) is 1.78. The highest BCUT2D eigenvalue weighted by Gasteiger charge is 1.98. The maximum absolute atomic E-state index is 5.51. The van der Waals surface area contributed by atoms with E-state index in [1.807, 2.05) is 0 Å². The molecule has 0 aromatic rings. The molecule has 0 aromatic heterocycles. The van der Waals surface area contributed by atoms with Crippen LogP contribution < -0.4 is 0 Å². The van der Waals surface area contributed by atoms with Gasteiger partial charge in [-0.2, -0.15) is 0 Å². The summed E-state index contributed by atoms with van der Waals surface area (Å²) in [7, 11) is 0. The van der Waals surface area contributed by atoms with Crippen molar-refractivity contribution in [3.05, 3.63) is 0 Å². The van der Waals surface area contributed by atoms with Crippen LogP contribution in [0.4, 0.5) is 0 Å². The van der Waals surface area contributed by atoms with Crippen molar-refractivity contribution < 1.29 is 33.2 Å². The molecule has 0 amide bonds. The van der Waals surface area contributed by atoms with Crippen molar-refractivity contribution >= 4 is 15.9 Å². The van der Waals surface area contributed by atoms with E-state index in [9.17, 15) is 0 Å². The maximum atomic E-state index is 5.51. The van der Waals surface area contributed by atoms with Crippen LogP contribution in [-0.2, 0) is 33.2 Å². The number of halogens is 1. The zero-order chi connectivity index (χ0) is 19.8. The second-order valence-corrected chi connectivity index (χ2v) is 6.74. The molecule has 7 nitrogen and oxygen atoms in total. The Hall–Kier alpha value is 0.200. The van der Waals surface area contributed by atoms with E-state index in [2.05, 4.69) is 29.8 Å². The molecule has 0 aliphatic rings. The SMILES string of the molecule is CCC(C)COCCOCCOCCOCCOCCOCCOCCBr. The van der Waals surface area contributed by atoms with E-state index in [1.165, 1.54) is 0 Å². The van der Waals surface area contributed by atoms with Crippen LogP contribution in [-0.4, -0.2) is 97.8 Å².